The standard InChI is InChI=1S/C23H21FN2OS2/c1-3-15-9-7-10-18-17(12-20-22(27)26(4-2)23(28)29-20)14-25(21(15)18)13-16-8-5-6-11-19(16)24/h5-12,14H,3-4,13H2,1-2H3/b20-12-. The summed E-state index contributed by atoms with van der Waals surface area (Å²) in [6.07, 6.45) is 4.79. The highest BCUT2D eigenvalue weighted by Gasteiger charge is 2.31. The summed E-state index contributed by atoms with van der Waals surface area (Å²) in [7, 11) is 0. The minimum absolute atomic E-state index is 0.0517. The Kier molecular flexibility index (Phi) is 5.56. The molecule has 1 aromatic heterocycles. The predicted octanol–water partition coefficient (Wildman–Crippen LogP) is 5.61. The fourth-order valence-corrected chi connectivity index (χ4v) is 5.09. The van der Waals surface area contributed by atoms with Crippen molar-refractivity contribution in [1.29, 1.82) is 0 Å². The molecule has 4 rings (SSSR count). The molecule has 148 valence electrons. The second-order valence-corrected chi connectivity index (χ2v) is 8.57. The zero-order valence-electron chi connectivity index (χ0n) is 16.3. The van der Waals surface area contributed by atoms with Crippen molar-refractivity contribution >= 4 is 51.2 Å². The van der Waals surface area contributed by atoms with Gasteiger partial charge in [0.1, 0.15) is 10.1 Å². The van der Waals surface area contributed by atoms with Gasteiger partial charge in [-0.15, -0.1) is 0 Å². The molecule has 0 aliphatic carbocycles. The highest BCUT2D eigenvalue weighted by atomic mass is 32.2. The molecule has 2 aromatic carbocycles. The van der Waals surface area contributed by atoms with Gasteiger partial charge >= 0.3 is 0 Å². The summed E-state index contributed by atoms with van der Waals surface area (Å²) < 4.78 is 16.9. The van der Waals surface area contributed by atoms with Crippen molar-refractivity contribution < 1.29 is 9.18 Å². The monoisotopic (exact) mass is 424 g/mol. The summed E-state index contributed by atoms with van der Waals surface area (Å²) in [5, 5.41) is 1.06. The zero-order chi connectivity index (χ0) is 20.5. The van der Waals surface area contributed by atoms with Crippen molar-refractivity contribution in [3.05, 3.63) is 76.1 Å². The fraction of sp³-hybridized carbons (Fsp3) is 0.217. The molecule has 3 nitrogen and oxygen atoms in total. The zero-order valence-corrected chi connectivity index (χ0v) is 17.9. The van der Waals surface area contributed by atoms with E-state index in [0.29, 0.717) is 27.9 Å². The van der Waals surface area contributed by atoms with E-state index in [9.17, 15) is 9.18 Å². The average Bonchev–Trinajstić information content (AvgIpc) is 3.20. The van der Waals surface area contributed by atoms with Crippen LogP contribution < -0.4 is 0 Å². The summed E-state index contributed by atoms with van der Waals surface area (Å²) in [4.78, 5) is 14.9. The van der Waals surface area contributed by atoms with Gasteiger partial charge in [0.15, 0.2) is 0 Å². The molecule has 0 unspecified atom stereocenters. The van der Waals surface area contributed by atoms with Crippen molar-refractivity contribution in [1.82, 2.24) is 9.47 Å². The van der Waals surface area contributed by atoms with Crippen LogP contribution in [0.2, 0.25) is 0 Å². The van der Waals surface area contributed by atoms with E-state index in [2.05, 4.69) is 23.6 Å². The maximum Gasteiger partial charge on any atom is 0.266 e. The molecule has 0 atom stereocenters. The van der Waals surface area contributed by atoms with E-state index in [4.69, 9.17) is 12.2 Å². The molecule has 29 heavy (non-hydrogen) atoms. The SMILES string of the molecule is CCc1cccc2c(/C=C3\SC(=S)N(CC)C3=O)cn(Cc3ccccc3F)c12. The van der Waals surface area contributed by atoms with Crippen LogP contribution >= 0.6 is 24.0 Å². The van der Waals surface area contributed by atoms with Crippen molar-refractivity contribution in [3.8, 4) is 0 Å². The number of hydrogen-bond donors (Lipinski definition) is 0. The number of aromatic nitrogens is 1. The second kappa shape index (κ2) is 8.13. The van der Waals surface area contributed by atoms with Crippen LogP contribution in [0.5, 0.6) is 0 Å². The largest absolute Gasteiger partial charge is 0.342 e. The number of carbonyl (C=O) groups excluding carboxylic acids is 1. The highest BCUT2D eigenvalue weighted by Crippen LogP contribution is 2.35. The first-order valence-electron chi connectivity index (χ1n) is 9.63. The molecule has 1 saturated heterocycles. The Balaban J connectivity index is 1.84. The molecule has 0 N–H and O–H groups in total. The average molecular weight is 425 g/mol. The lowest BCUT2D eigenvalue weighted by Crippen LogP contribution is -2.27. The van der Waals surface area contributed by atoms with Gasteiger partial charge in [-0.25, -0.2) is 4.39 Å². The number of hydrogen-bond acceptors (Lipinski definition) is 3. The van der Waals surface area contributed by atoms with Gasteiger partial charge < -0.3 is 4.57 Å². The summed E-state index contributed by atoms with van der Waals surface area (Å²) in [6.45, 7) is 5.03. The lowest BCUT2D eigenvalue weighted by atomic mass is 10.1. The Morgan fingerprint density at radius 3 is 2.55 bits per heavy atom. The molecule has 1 fully saturated rings. The number of para-hydroxylation sites is 1. The Morgan fingerprint density at radius 2 is 1.86 bits per heavy atom. The number of benzene rings is 2. The maximum absolute atomic E-state index is 14.3. The van der Waals surface area contributed by atoms with Crippen molar-refractivity contribution in [2.24, 2.45) is 0 Å². The number of carbonyl (C=O) groups is 1. The third kappa shape index (κ3) is 3.63. The van der Waals surface area contributed by atoms with E-state index < -0.39 is 0 Å². The number of amides is 1. The number of rotatable bonds is 5. The van der Waals surface area contributed by atoms with Gasteiger partial charge in [-0.1, -0.05) is 67.3 Å². The van der Waals surface area contributed by atoms with Gasteiger partial charge in [0, 0.05) is 29.3 Å². The molecule has 0 spiro atoms. The first kappa shape index (κ1) is 19.9. The summed E-state index contributed by atoms with van der Waals surface area (Å²) in [5.41, 5.74) is 3.86. The molecule has 0 radical (unpaired) electrons. The van der Waals surface area contributed by atoms with Gasteiger partial charge in [-0.3, -0.25) is 9.69 Å². The lowest BCUT2D eigenvalue weighted by molar-refractivity contribution is -0.121. The van der Waals surface area contributed by atoms with Crippen LogP contribution in [0.4, 0.5) is 4.39 Å². The fourth-order valence-electron chi connectivity index (χ4n) is 3.71. The molecule has 2 heterocycles. The normalized spacial score (nSPS) is 15.8. The molecule has 3 aromatic rings. The van der Waals surface area contributed by atoms with Crippen LogP contribution in [0.1, 0.15) is 30.5 Å². The van der Waals surface area contributed by atoms with Crippen LogP contribution in [0.25, 0.3) is 17.0 Å². The van der Waals surface area contributed by atoms with Crippen molar-refractivity contribution in [2.45, 2.75) is 26.8 Å². The number of thiocarbonyl (C=S) groups is 1. The lowest BCUT2D eigenvalue weighted by Gasteiger charge is -2.09. The van der Waals surface area contributed by atoms with E-state index in [-0.39, 0.29) is 11.7 Å². The molecular weight excluding hydrogens is 403 g/mol. The van der Waals surface area contributed by atoms with Gasteiger partial charge in [-0.05, 0) is 31.1 Å². The van der Waals surface area contributed by atoms with Gasteiger partial charge in [0.2, 0.25) is 0 Å². The number of nitrogens with zero attached hydrogens (tertiary/aromatic N) is 2. The van der Waals surface area contributed by atoms with Gasteiger partial charge in [-0.2, -0.15) is 0 Å². The Labute approximate surface area is 179 Å². The second-order valence-electron chi connectivity index (χ2n) is 6.90. The van der Waals surface area contributed by atoms with Crippen molar-refractivity contribution in [3.63, 3.8) is 0 Å². The summed E-state index contributed by atoms with van der Waals surface area (Å²) in [6, 6.07) is 13.0. The van der Waals surface area contributed by atoms with E-state index in [1.165, 1.54) is 23.4 Å². The Morgan fingerprint density at radius 1 is 1.10 bits per heavy atom. The number of halogens is 1. The smallest absolute Gasteiger partial charge is 0.266 e. The molecule has 6 heteroatoms. The number of fused-ring (bicyclic) bond motifs is 1. The third-order valence-corrected chi connectivity index (χ3v) is 6.55. The van der Waals surface area contributed by atoms with E-state index in [1.54, 1.807) is 11.0 Å². The van der Waals surface area contributed by atoms with E-state index >= 15 is 0 Å². The van der Waals surface area contributed by atoms with Crippen LogP contribution in [-0.2, 0) is 17.8 Å². The van der Waals surface area contributed by atoms with Crippen LogP contribution in [0, 0.1) is 5.82 Å². The Hall–Kier alpha value is -2.44. The number of likely N-dealkylation sites (N-methyl/N-ethyl adjacent to an activating group) is 1. The first-order chi connectivity index (χ1) is 14.0. The molecule has 1 aliphatic rings. The summed E-state index contributed by atoms with van der Waals surface area (Å²) >= 11 is 6.67. The number of aryl methyl sites for hydroxylation is 1. The highest BCUT2D eigenvalue weighted by molar-refractivity contribution is 8.26. The van der Waals surface area contributed by atoms with Gasteiger partial charge in [0.25, 0.3) is 5.91 Å². The quantitative estimate of drug-likeness (QED) is 0.393. The van der Waals surface area contributed by atoms with Crippen LogP contribution in [0.3, 0.4) is 0 Å². The first-order valence-corrected chi connectivity index (χ1v) is 10.9. The summed E-state index contributed by atoms with van der Waals surface area (Å²) in [5.74, 6) is -0.266. The molecule has 1 amide bonds. The molecule has 0 saturated carbocycles. The molecule has 0 bridgehead atoms. The van der Waals surface area contributed by atoms with Crippen LogP contribution in [0.15, 0.2) is 53.6 Å². The van der Waals surface area contributed by atoms with E-state index in [1.807, 2.05) is 37.4 Å². The minimum Gasteiger partial charge on any atom is -0.342 e. The van der Waals surface area contributed by atoms with Crippen molar-refractivity contribution in [2.75, 3.05) is 6.54 Å². The van der Waals surface area contributed by atoms with Crippen LogP contribution in [-0.4, -0.2) is 26.2 Å². The maximum atomic E-state index is 14.3. The van der Waals surface area contributed by atoms with E-state index in [0.717, 1.165) is 22.9 Å². The minimum atomic E-state index is -0.214. The van der Waals surface area contributed by atoms with Gasteiger partial charge in [0.05, 0.1) is 17.0 Å². The molecule has 1 aliphatic heterocycles. The third-order valence-electron chi connectivity index (χ3n) is 5.17. The number of thioether (sulfide) groups is 1. The predicted molar refractivity (Wildman–Crippen MR) is 122 cm³/mol. The Bertz CT molecular complexity index is 1150. The molecular formula is C23H21FN2OS2. The topological polar surface area (TPSA) is 25.2 Å².